The summed E-state index contributed by atoms with van der Waals surface area (Å²) in [5, 5.41) is 19.5. The van der Waals surface area contributed by atoms with Crippen LogP contribution in [0.15, 0.2) is 12.4 Å². The van der Waals surface area contributed by atoms with E-state index in [1.165, 1.54) is 0 Å². The summed E-state index contributed by atoms with van der Waals surface area (Å²) in [7, 11) is 0. The molecule has 1 heterocycles. The second kappa shape index (κ2) is 7.19. The van der Waals surface area contributed by atoms with Crippen LogP contribution in [0, 0.1) is 5.41 Å². The largest absolute Gasteiger partial charge is 0.481 e. The number of rotatable bonds is 7. The number of nitrogens with zero attached hydrogens (tertiary/aromatic N) is 3. The number of aromatic nitrogens is 3. The highest BCUT2D eigenvalue weighted by Gasteiger charge is 2.36. The molecule has 0 radical (unpaired) electrons. The topological polar surface area (TPSA) is 97.1 Å². The Morgan fingerprint density at radius 1 is 1.24 bits per heavy atom. The van der Waals surface area contributed by atoms with Crippen LogP contribution in [0.25, 0.3) is 0 Å². The Balaban J connectivity index is 1.81. The van der Waals surface area contributed by atoms with Crippen molar-refractivity contribution in [1.82, 2.24) is 20.3 Å². The smallest absolute Gasteiger partial charge is 0.303 e. The zero-order chi connectivity index (χ0) is 15.1. The lowest BCUT2D eigenvalue weighted by Gasteiger charge is -2.35. The van der Waals surface area contributed by atoms with E-state index in [2.05, 4.69) is 15.6 Å². The van der Waals surface area contributed by atoms with Crippen LogP contribution in [0.4, 0.5) is 0 Å². The molecule has 1 aromatic rings. The molecule has 0 bridgehead atoms. The highest BCUT2D eigenvalue weighted by atomic mass is 16.4. The van der Waals surface area contributed by atoms with Gasteiger partial charge in [-0.05, 0) is 18.3 Å². The Kier molecular flexibility index (Phi) is 5.30. The van der Waals surface area contributed by atoms with E-state index < -0.39 is 5.97 Å². The Morgan fingerprint density at radius 3 is 2.62 bits per heavy atom. The maximum Gasteiger partial charge on any atom is 0.303 e. The van der Waals surface area contributed by atoms with Gasteiger partial charge in [0, 0.05) is 19.2 Å². The zero-order valence-corrected chi connectivity index (χ0v) is 12.1. The molecule has 1 amide bonds. The van der Waals surface area contributed by atoms with E-state index in [4.69, 9.17) is 5.11 Å². The van der Waals surface area contributed by atoms with E-state index in [9.17, 15) is 9.59 Å². The number of amides is 1. The summed E-state index contributed by atoms with van der Waals surface area (Å²) < 4.78 is 1.65. The number of carbonyl (C=O) groups is 2. The summed E-state index contributed by atoms with van der Waals surface area (Å²) in [6.45, 7) is 1.04. The van der Waals surface area contributed by atoms with Crippen molar-refractivity contribution >= 4 is 11.9 Å². The van der Waals surface area contributed by atoms with Crippen LogP contribution in [0.3, 0.4) is 0 Å². The molecule has 1 aliphatic rings. The van der Waals surface area contributed by atoms with Crippen LogP contribution < -0.4 is 5.32 Å². The van der Waals surface area contributed by atoms with E-state index >= 15 is 0 Å². The standard InChI is InChI=1S/C14H22N4O3/c19-12(15-6-8-18-9-7-16-17-18)10-14(11-13(20)21)4-2-1-3-5-14/h7,9H,1-6,8,10-11H2,(H,15,19)(H,20,21). The van der Waals surface area contributed by atoms with E-state index in [1.54, 1.807) is 17.1 Å². The van der Waals surface area contributed by atoms with E-state index in [1.807, 2.05) is 0 Å². The highest BCUT2D eigenvalue weighted by Crippen LogP contribution is 2.42. The van der Waals surface area contributed by atoms with Crippen LogP contribution >= 0.6 is 0 Å². The van der Waals surface area contributed by atoms with Crippen LogP contribution in [-0.4, -0.2) is 38.5 Å². The maximum absolute atomic E-state index is 12.1. The molecule has 0 saturated heterocycles. The van der Waals surface area contributed by atoms with Gasteiger partial charge in [0.25, 0.3) is 0 Å². The summed E-state index contributed by atoms with van der Waals surface area (Å²) in [4.78, 5) is 23.2. The third kappa shape index (κ3) is 4.84. The van der Waals surface area contributed by atoms with Gasteiger partial charge in [-0.25, -0.2) is 0 Å². The molecule has 2 rings (SSSR count). The number of nitrogens with one attached hydrogen (secondary N) is 1. The summed E-state index contributed by atoms with van der Waals surface area (Å²) >= 11 is 0. The van der Waals surface area contributed by atoms with Gasteiger partial charge in [-0.2, -0.15) is 0 Å². The van der Waals surface area contributed by atoms with Crippen molar-refractivity contribution < 1.29 is 14.7 Å². The zero-order valence-electron chi connectivity index (χ0n) is 12.1. The molecule has 7 nitrogen and oxygen atoms in total. The lowest BCUT2D eigenvalue weighted by atomic mass is 9.69. The van der Waals surface area contributed by atoms with Crippen molar-refractivity contribution in [3.05, 3.63) is 12.4 Å². The van der Waals surface area contributed by atoms with E-state index in [0.29, 0.717) is 19.5 Å². The highest BCUT2D eigenvalue weighted by molar-refractivity contribution is 5.78. The summed E-state index contributed by atoms with van der Waals surface area (Å²) in [5.41, 5.74) is -0.360. The molecule has 1 fully saturated rings. The quantitative estimate of drug-likeness (QED) is 0.787. The minimum absolute atomic E-state index is 0.0711. The molecule has 1 saturated carbocycles. The molecular formula is C14H22N4O3. The first-order chi connectivity index (χ1) is 10.1. The first-order valence-electron chi connectivity index (χ1n) is 7.42. The number of hydrogen-bond donors (Lipinski definition) is 2. The second-order valence-corrected chi connectivity index (χ2v) is 5.82. The minimum Gasteiger partial charge on any atom is -0.481 e. The van der Waals surface area contributed by atoms with Gasteiger partial charge in [0.05, 0.1) is 19.2 Å². The van der Waals surface area contributed by atoms with Gasteiger partial charge < -0.3 is 10.4 Å². The Hall–Kier alpha value is -1.92. The molecule has 0 aliphatic heterocycles. The van der Waals surface area contributed by atoms with Gasteiger partial charge >= 0.3 is 5.97 Å². The van der Waals surface area contributed by atoms with Gasteiger partial charge in [-0.15, -0.1) is 5.10 Å². The fraction of sp³-hybridized carbons (Fsp3) is 0.714. The van der Waals surface area contributed by atoms with Crippen molar-refractivity contribution in [2.45, 2.75) is 51.5 Å². The second-order valence-electron chi connectivity index (χ2n) is 5.82. The number of hydrogen-bond acceptors (Lipinski definition) is 4. The Morgan fingerprint density at radius 2 is 2.00 bits per heavy atom. The van der Waals surface area contributed by atoms with Crippen LogP contribution in [0.1, 0.15) is 44.9 Å². The van der Waals surface area contributed by atoms with Crippen molar-refractivity contribution in [1.29, 1.82) is 0 Å². The fourth-order valence-corrected chi connectivity index (χ4v) is 3.10. The maximum atomic E-state index is 12.1. The molecule has 0 atom stereocenters. The lowest BCUT2D eigenvalue weighted by molar-refractivity contribution is -0.141. The normalized spacial score (nSPS) is 17.3. The first kappa shape index (κ1) is 15.5. The average molecular weight is 294 g/mol. The Labute approximate surface area is 123 Å². The molecular weight excluding hydrogens is 272 g/mol. The van der Waals surface area contributed by atoms with Gasteiger partial charge in [0.2, 0.25) is 5.91 Å². The molecule has 116 valence electrons. The van der Waals surface area contributed by atoms with Crippen molar-refractivity contribution in [3.63, 3.8) is 0 Å². The lowest BCUT2D eigenvalue weighted by Crippen LogP contribution is -2.36. The molecule has 1 aromatic heterocycles. The fourth-order valence-electron chi connectivity index (χ4n) is 3.10. The summed E-state index contributed by atoms with van der Waals surface area (Å²) in [6.07, 6.45) is 8.53. The number of carbonyl (C=O) groups excluding carboxylic acids is 1. The molecule has 2 N–H and O–H groups in total. The Bertz CT molecular complexity index is 467. The molecule has 0 unspecified atom stereocenters. The van der Waals surface area contributed by atoms with Gasteiger partial charge in [-0.1, -0.05) is 24.5 Å². The van der Waals surface area contributed by atoms with Crippen molar-refractivity contribution in [3.8, 4) is 0 Å². The molecule has 1 aliphatic carbocycles. The van der Waals surface area contributed by atoms with Crippen LogP contribution in [0.2, 0.25) is 0 Å². The van der Waals surface area contributed by atoms with Crippen LogP contribution in [0.5, 0.6) is 0 Å². The number of carboxylic acid groups (broad SMARTS) is 1. The van der Waals surface area contributed by atoms with Gasteiger partial charge in [0.15, 0.2) is 0 Å². The third-order valence-corrected chi connectivity index (χ3v) is 4.11. The number of aliphatic carboxylic acids is 1. The number of carboxylic acids is 1. The molecule has 0 spiro atoms. The predicted molar refractivity (Wildman–Crippen MR) is 75.4 cm³/mol. The van der Waals surface area contributed by atoms with E-state index in [0.717, 1.165) is 32.1 Å². The minimum atomic E-state index is -0.813. The first-order valence-corrected chi connectivity index (χ1v) is 7.42. The van der Waals surface area contributed by atoms with Crippen LogP contribution in [-0.2, 0) is 16.1 Å². The SMILES string of the molecule is O=C(O)CC1(CC(=O)NCCn2ccnn2)CCCCC1. The third-order valence-electron chi connectivity index (χ3n) is 4.11. The van der Waals surface area contributed by atoms with E-state index in [-0.39, 0.29) is 17.7 Å². The molecule has 7 heteroatoms. The molecule has 21 heavy (non-hydrogen) atoms. The van der Waals surface area contributed by atoms with Crippen molar-refractivity contribution in [2.24, 2.45) is 5.41 Å². The summed E-state index contributed by atoms with van der Waals surface area (Å²) in [5.74, 6) is -0.884. The van der Waals surface area contributed by atoms with Crippen molar-refractivity contribution in [2.75, 3.05) is 6.54 Å². The van der Waals surface area contributed by atoms with Gasteiger partial charge in [0.1, 0.15) is 0 Å². The average Bonchev–Trinajstić information content (AvgIpc) is 2.91. The monoisotopic (exact) mass is 294 g/mol. The predicted octanol–water partition coefficient (Wildman–Crippen LogP) is 1.21. The van der Waals surface area contributed by atoms with Gasteiger partial charge in [-0.3, -0.25) is 14.3 Å². The molecule has 0 aromatic carbocycles. The summed E-state index contributed by atoms with van der Waals surface area (Å²) in [6, 6.07) is 0.